The average molecular weight is 531 g/mol. The molecule has 0 radical (unpaired) electrons. The van der Waals surface area contributed by atoms with Gasteiger partial charge in [0.2, 0.25) is 0 Å². The first-order valence-electron chi connectivity index (χ1n) is 13.8. The summed E-state index contributed by atoms with van der Waals surface area (Å²) in [6, 6.07) is 26.4. The van der Waals surface area contributed by atoms with Crippen molar-refractivity contribution in [2.75, 3.05) is 11.4 Å². The number of nitrogens with zero attached hydrogens (tertiary/aromatic N) is 1. The highest BCUT2D eigenvalue weighted by atomic mass is 32.2. The fourth-order valence-electron chi connectivity index (χ4n) is 5.13. The molecule has 1 aliphatic carbocycles. The Balaban J connectivity index is 1.53. The van der Waals surface area contributed by atoms with Crippen molar-refractivity contribution in [3.05, 3.63) is 90.0 Å². The monoisotopic (exact) mass is 530 g/mol. The molecule has 2 N–H and O–H groups in total. The van der Waals surface area contributed by atoms with Gasteiger partial charge in [0.05, 0.1) is 11.6 Å². The number of aliphatic carboxylic acids is 1. The predicted octanol–water partition coefficient (Wildman–Crippen LogP) is 7.90. The van der Waals surface area contributed by atoms with E-state index < -0.39 is 11.9 Å². The molecule has 1 fully saturated rings. The third-order valence-corrected chi connectivity index (χ3v) is 8.31. The number of nitrogens with one attached hydrogen (secondary N) is 1. The van der Waals surface area contributed by atoms with E-state index in [1.54, 1.807) is 11.8 Å². The highest BCUT2D eigenvalue weighted by molar-refractivity contribution is 7.99. The van der Waals surface area contributed by atoms with Crippen LogP contribution in [-0.2, 0) is 11.2 Å². The first kappa shape index (κ1) is 27.8. The molecule has 1 atom stereocenters. The average Bonchev–Trinajstić information content (AvgIpc) is 2.94. The van der Waals surface area contributed by atoms with Crippen molar-refractivity contribution in [3.63, 3.8) is 0 Å². The quantitative estimate of drug-likeness (QED) is 0.264. The second-order valence-corrected chi connectivity index (χ2v) is 11.1. The minimum atomic E-state index is -0.798. The van der Waals surface area contributed by atoms with Crippen molar-refractivity contribution >= 4 is 29.4 Å². The normalized spacial score (nSPS) is 14.6. The number of benzene rings is 3. The number of aryl methyl sites for hydroxylation is 1. The summed E-state index contributed by atoms with van der Waals surface area (Å²) in [5.74, 6) is -1.29. The standard InChI is InChI=1S/C32H38N2O3S/c1-2-28(31(35)36)25-19-21-27(22-20-25)38-30-18-10-9-17-29(30)34(23-11-14-24-12-5-3-6-13-24)32(37)33-26-15-7-4-8-16-26/h3,5-6,9-10,12-13,17-22,26,28H,2,4,7-8,11,14-16,23H2,1H3,(H,33,37)(H,35,36). The van der Waals surface area contributed by atoms with Gasteiger partial charge in [-0.05, 0) is 67.5 Å². The molecule has 0 aromatic heterocycles. The van der Waals surface area contributed by atoms with Crippen molar-refractivity contribution < 1.29 is 14.7 Å². The number of para-hydroxylation sites is 1. The van der Waals surface area contributed by atoms with E-state index in [4.69, 9.17) is 0 Å². The zero-order valence-electron chi connectivity index (χ0n) is 22.1. The topological polar surface area (TPSA) is 69.6 Å². The molecule has 5 nitrogen and oxygen atoms in total. The number of anilines is 1. The van der Waals surface area contributed by atoms with Crippen LogP contribution < -0.4 is 10.2 Å². The summed E-state index contributed by atoms with van der Waals surface area (Å²) in [6.45, 7) is 2.52. The number of hydrogen-bond donors (Lipinski definition) is 2. The molecule has 1 saturated carbocycles. The SMILES string of the molecule is CCC(C(=O)O)c1ccc(Sc2ccccc2N(CCCc2ccccc2)C(=O)NC2CCCCC2)cc1. The van der Waals surface area contributed by atoms with Crippen molar-refractivity contribution in [2.45, 2.75) is 80.0 Å². The van der Waals surface area contributed by atoms with E-state index in [1.165, 1.54) is 24.8 Å². The van der Waals surface area contributed by atoms with Gasteiger partial charge in [-0.25, -0.2) is 4.79 Å². The summed E-state index contributed by atoms with van der Waals surface area (Å²) in [7, 11) is 0. The van der Waals surface area contributed by atoms with Gasteiger partial charge in [0.1, 0.15) is 0 Å². The third kappa shape index (κ3) is 7.64. The molecular weight excluding hydrogens is 492 g/mol. The first-order valence-corrected chi connectivity index (χ1v) is 14.6. The lowest BCUT2D eigenvalue weighted by molar-refractivity contribution is -0.138. The van der Waals surface area contributed by atoms with E-state index in [0.717, 1.165) is 46.7 Å². The fraction of sp³-hybridized carbons (Fsp3) is 0.375. The van der Waals surface area contributed by atoms with Gasteiger partial charge >= 0.3 is 12.0 Å². The van der Waals surface area contributed by atoms with Crippen LogP contribution in [0.4, 0.5) is 10.5 Å². The number of urea groups is 1. The molecule has 0 spiro atoms. The maximum Gasteiger partial charge on any atom is 0.322 e. The van der Waals surface area contributed by atoms with Gasteiger partial charge in [-0.1, -0.05) is 92.5 Å². The predicted molar refractivity (Wildman–Crippen MR) is 155 cm³/mol. The number of carbonyl (C=O) groups is 2. The van der Waals surface area contributed by atoms with E-state index in [0.29, 0.717) is 13.0 Å². The van der Waals surface area contributed by atoms with Crippen LogP contribution in [0, 0.1) is 0 Å². The minimum Gasteiger partial charge on any atom is -0.481 e. The van der Waals surface area contributed by atoms with Crippen LogP contribution in [0.5, 0.6) is 0 Å². The molecule has 3 aromatic carbocycles. The van der Waals surface area contributed by atoms with Gasteiger partial charge in [-0.2, -0.15) is 0 Å². The summed E-state index contributed by atoms with van der Waals surface area (Å²) in [4.78, 5) is 29.1. The maximum atomic E-state index is 13.6. The van der Waals surface area contributed by atoms with E-state index >= 15 is 0 Å². The summed E-state index contributed by atoms with van der Waals surface area (Å²) >= 11 is 1.60. The van der Waals surface area contributed by atoms with Crippen LogP contribution in [0.15, 0.2) is 88.7 Å². The van der Waals surface area contributed by atoms with Crippen LogP contribution >= 0.6 is 11.8 Å². The van der Waals surface area contributed by atoms with E-state index in [-0.39, 0.29) is 12.1 Å². The number of rotatable bonds is 11. The minimum absolute atomic E-state index is 0.0272. The van der Waals surface area contributed by atoms with Gasteiger partial charge < -0.3 is 10.4 Å². The first-order chi connectivity index (χ1) is 18.5. The Bertz CT molecular complexity index is 1180. The third-order valence-electron chi connectivity index (χ3n) is 7.24. The Morgan fingerprint density at radius 2 is 1.63 bits per heavy atom. The molecule has 3 aromatic rings. The molecule has 6 heteroatoms. The highest BCUT2D eigenvalue weighted by Crippen LogP contribution is 2.36. The number of carboxylic acid groups (broad SMARTS) is 1. The Hall–Kier alpha value is -3.25. The fourth-order valence-corrected chi connectivity index (χ4v) is 6.09. The molecule has 38 heavy (non-hydrogen) atoms. The van der Waals surface area contributed by atoms with Gasteiger partial charge in [-0.3, -0.25) is 9.69 Å². The Morgan fingerprint density at radius 3 is 2.32 bits per heavy atom. The molecule has 0 aliphatic heterocycles. The van der Waals surface area contributed by atoms with Crippen molar-refractivity contribution in [2.24, 2.45) is 0 Å². The Morgan fingerprint density at radius 1 is 0.947 bits per heavy atom. The largest absolute Gasteiger partial charge is 0.481 e. The maximum absolute atomic E-state index is 13.6. The Kier molecular flexibility index (Phi) is 10.3. The van der Waals surface area contributed by atoms with Crippen molar-refractivity contribution in [1.82, 2.24) is 5.32 Å². The van der Waals surface area contributed by atoms with Crippen LogP contribution in [0.25, 0.3) is 0 Å². The van der Waals surface area contributed by atoms with Crippen molar-refractivity contribution in [3.8, 4) is 0 Å². The molecule has 0 saturated heterocycles. The van der Waals surface area contributed by atoms with Gasteiger partial charge in [-0.15, -0.1) is 0 Å². The summed E-state index contributed by atoms with van der Waals surface area (Å²) in [5.41, 5.74) is 2.99. The van der Waals surface area contributed by atoms with Crippen LogP contribution in [-0.4, -0.2) is 29.7 Å². The van der Waals surface area contributed by atoms with E-state index in [1.807, 2.05) is 60.4 Å². The van der Waals surface area contributed by atoms with Gasteiger partial charge in [0.15, 0.2) is 0 Å². The molecule has 1 aliphatic rings. The molecule has 0 bridgehead atoms. The van der Waals surface area contributed by atoms with Crippen LogP contribution in [0.1, 0.15) is 68.9 Å². The highest BCUT2D eigenvalue weighted by Gasteiger charge is 2.23. The number of amides is 2. The smallest absolute Gasteiger partial charge is 0.322 e. The Labute approximate surface area is 230 Å². The second kappa shape index (κ2) is 14.1. The zero-order valence-corrected chi connectivity index (χ0v) is 23.0. The lowest BCUT2D eigenvalue weighted by Gasteiger charge is -2.29. The summed E-state index contributed by atoms with van der Waals surface area (Å²) < 4.78 is 0. The molecule has 200 valence electrons. The molecule has 0 heterocycles. The second-order valence-electron chi connectivity index (χ2n) is 9.96. The van der Waals surface area contributed by atoms with E-state index in [9.17, 15) is 14.7 Å². The van der Waals surface area contributed by atoms with Crippen LogP contribution in [0.2, 0.25) is 0 Å². The van der Waals surface area contributed by atoms with Crippen LogP contribution in [0.3, 0.4) is 0 Å². The lowest BCUT2D eigenvalue weighted by Crippen LogP contribution is -2.46. The molecular formula is C32H38N2O3S. The summed E-state index contributed by atoms with van der Waals surface area (Å²) in [5, 5.41) is 12.8. The lowest BCUT2D eigenvalue weighted by atomic mass is 9.96. The van der Waals surface area contributed by atoms with Gasteiger partial charge in [0.25, 0.3) is 0 Å². The summed E-state index contributed by atoms with van der Waals surface area (Å²) in [6.07, 6.45) is 8.00. The number of carboxylic acids is 1. The van der Waals surface area contributed by atoms with E-state index in [2.05, 4.69) is 35.6 Å². The number of carbonyl (C=O) groups excluding carboxylic acids is 1. The van der Waals surface area contributed by atoms with Crippen molar-refractivity contribution in [1.29, 1.82) is 0 Å². The molecule has 1 unspecified atom stereocenters. The van der Waals surface area contributed by atoms with Gasteiger partial charge in [0, 0.05) is 22.4 Å². The zero-order chi connectivity index (χ0) is 26.7. The molecule has 4 rings (SSSR count). The molecule has 2 amide bonds. The number of hydrogen-bond acceptors (Lipinski definition) is 3.